The molecular weight excluding hydrogens is 418 g/mol. The van der Waals surface area contributed by atoms with Gasteiger partial charge < -0.3 is 14.4 Å². The lowest BCUT2D eigenvalue weighted by atomic mass is 10.1. The zero-order chi connectivity index (χ0) is 22.6. The van der Waals surface area contributed by atoms with Gasteiger partial charge in [-0.2, -0.15) is 0 Å². The highest BCUT2D eigenvalue weighted by atomic mass is 16.5. The summed E-state index contributed by atoms with van der Waals surface area (Å²) < 4.78 is 13.3. The summed E-state index contributed by atoms with van der Waals surface area (Å²) in [6.07, 6.45) is 2.75. The molecule has 0 amide bonds. The van der Waals surface area contributed by atoms with Crippen LogP contribution >= 0.6 is 0 Å². The summed E-state index contributed by atoms with van der Waals surface area (Å²) in [5, 5.41) is 8.76. The van der Waals surface area contributed by atoms with E-state index in [-0.39, 0.29) is 0 Å². The Bertz CT molecular complexity index is 1220. The van der Waals surface area contributed by atoms with E-state index in [1.54, 1.807) is 6.20 Å². The first-order valence-corrected chi connectivity index (χ1v) is 11.4. The second-order valence-electron chi connectivity index (χ2n) is 8.53. The van der Waals surface area contributed by atoms with Crippen molar-refractivity contribution >= 4 is 16.8 Å². The fraction of sp³-hybridized carbons (Fsp3) is 0.417. The second kappa shape index (κ2) is 9.78. The molecular formula is C24H29N7O2. The van der Waals surface area contributed by atoms with Crippen LogP contribution in [0.4, 0.5) is 0 Å². The summed E-state index contributed by atoms with van der Waals surface area (Å²) in [4.78, 5) is 14.0. The first-order valence-electron chi connectivity index (χ1n) is 11.4. The van der Waals surface area contributed by atoms with E-state index in [0.717, 1.165) is 73.3 Å². The molecule has 0 spiro atoms. The van der Waals surface area contributed by atoms with Crippen LogP contribution in [-0.2, 0) is 11.3 Å². The predicted octanol–water partition coefficient (Wildman–Crippen LogP) is 2.50. The average molecular weight is 448 g/mol. The smallest absolute Gasteiger partial charge is 0.181 e. The maximum Gasteiger partial charge on any atom is 0.181 e. The molecule has 4 aromatic rings. The molecule has 0 radical (unpaired) electrons. The van der Waals surface area contributed by atoms with Gasteiger partial charge in [-0.05, 0) is 56.9 Å². The Hall–Kier alpha value is -3.14. The number of hydrogen-bond acceptors (Lipinski definition) is 8. The summed E-state index contributed by atoms with van der Waals surface area (Å²) >= 11 is 0. The van der Waals surface area contributed by atoms with Gasteiger partial charge in [-0.1, -0.05) is 0 Å². The third-order valence-electron chi connectivity index (χ3n) is 5.78. The zero-order valence-corrected chi connectivity index (χ0v) is 19.1. The molecule has 1 aliphatic heterocycles. The first kappa shape index (κ1) is 21.7. The molecule has 0 aliphatic carbocycles. The molecule has 0 bridgehead atoms. The molecule has 9 nitrogen and oxygen atoms in total. The quantitative estimate of drug-likeness (QED) is 0.381. The first-order chi connectivity index (χ1) is 16.2. The van der Waals surface area contributed by atoms with E-state index < -0.39 is 0 Å². The highest BCUT2D eigenvalue weighted by Crippen LogP contribution is 2.24. The summed E-state index contributed by atoms with van der Waals surface area (Å²) in [5.41, 5.74) is 4.19. The summed E-state index contributed by atoms with van der Waals surface area (Å²) in [5.74, 6) is 1.74. The normalized spacial score (nSPS) is 15.0. The van der Waals surface area contributed by atoms with Crippen LogP contribution in [0.2, 0.25) is 0 Å². The van der Waals surface area contributed by atoms with Gasteiger partial charge in [0.15, 0.2) is 17.1 Å². The third-order valence-corrected chi connectivity index (χ3v) is 5.78. The van der Waals surface area contributed by atoms with Crippen LogP contribution in [0, 0.1) is 0 Å². The molecule has 0 unspecified atom stereocenters. The molecule has 1 fully saturated rings. The number of benzene rings is 1. The zero-order valence-electron chi connectivity index (χ0n) is 19.1. The van der Waals surface area contributed by atoms with Crippen LogP contribution in [0.15, 0.2) is 42.6 Å². The number of nitrogens with zero attached hydrogens (tertiary/aromatic N) is 7. The van der Waals surface area contributed by atoms with Crippen LogP contribution < -0.4 is 4.74 Å². The van der Waals surface area contributed by atoms with Crippen LogP contribution in [0.5, 0.6) is 5.75 Å². The van der Waals surface area contributed by atoms with Gasteiger partial charge in [0.25, 0.3) is 0 Å². The van der Waals surface area contributed by atoms with E-state index in [2.05, 4.69) is 39.1 Å². The molecule has 5 rings (SSSR count). The molecule has 172 valence electrons. The van der Waals surface area contributed by atoms with E-state index in [1.807, 2.05) is 40.8 Å². The number of morpholine rings is 1. The van der Waals surface area contributed by atoms with Crippen molar-refractivity contribution in [1.29, 1.82) is 0 Å². The minimum absolute atomic E-state index is 0.703. The minimum Gasteiger partial charge on any atom is -0.494 e. The highest BCUT2D eigenvalue weighted by molar-refractivity contribution is 5.77. The lowest BCUT2D eigenvalue weighted by Gasteiger charge is -2.25. The summed E-state index contributed by atoms with van der Waals surface area (Å²) in [7, 11) is 4.14. The minimum atomic E-state index is 0.703. The third kappa shape index (κ3) is 4.95. The molecule has 0 saturated carbocycles. The highest BCUT2D eigenvalue weighted by Gasteiger charge is 2.17. The number of pyridine rings is 1. The molecule has 0 N–H and O–H groups in total. The Morgan fingerprint density at radius 1 is 1.03 bits per heavy atom. The maximum atomic E-state index is 5.86. The fourth-order valence-electron chi connectivity index (χ4n) is 3.99. The Morgan fingerprint density at radius 2 is 1.85 bits per heavy atom. The van der Waals surface area contributed by atoms with Crippen molar-refractivity contribution in [1.82, 2.24) is 34.4 Å². The molecule has 1 aromatic carbocycles. The van der Waals surface area contributed by atoms with Gasteiger partial charge >= 0.3 is 0 Å². The van der Waals surface area contributed by atoms with E-state index in [4.69, 9.17) is 14.5 Å². The lowest BCUT2D eigenvalue weighted by molar-refractivity contribution is 0.0329. The number of aromatic nitrogens is 5. The van der Waals surface area contributed by atoms with Crippen molar-refractivity contribution in [3.8, 4) is 17.0 Å². The maximum absolute atomic E-state index is 5.86. The van der Waals surface area contributed by atoms with Gasteiger partial charge in [-0.3, -0.25) is 9.30 Å². The molecule has 3 aromatic heterocycles. The van der Waals surface area contributed by atoms with Crippen LogP contribution in [-0.4, -0.2) is 87.9 Å². The fourth-order valence-corrected chi connectivity index (χ4v) is 3.99. The molecule has 0 atom stereocenters. The van der Waals surface area contributed by atoms with E-state index >= 15 is 0 Å². The van der Waals surface area contributed by atoms with Crippen LogP contribution in [0.1, 0.15) is 12.2 Å². The van der Waals surface area contributed by atoms with E-state index in [0.29, 0.717) is 18.8 Å². The van der Waals surface area contributed by atoms with Crippen molar-refractivity contribution in [3.05, 3.63) is 48.4 Å². The number of ether oxygens (including phenoxy) is 2. The van der Waals surface area contributed by atoms with Crippen molar-refractivity contribution in [2.24, 2.45) is 0 Å². The molecule has 1 saturated heterocycles. The number of hydrogen-bond donors (Lipinski definition) is 0. The second-order valence-corrected chi connectivity index (χ2v) is 8.53. The number of fused-ring (bicyclic) bond motifs is 3. The predicted molar refractivity (Wildman–Crippen MR) is 126 cm³/mol. The van der Waals surface area contributed by atoms with Crippen molar-refractivity contribution in [3.63, 3.8) is 0 Å². The van der Waals surface area contributed by atoms with E-state index in [1.165, 1.54) is 0 Å². The van der Waals surface area contributed by atoms with E-state index in [9.17, 15) is 0 Å². The SMILES string of the molecule is CN(C)CCCOc1ccc(-c2ccc3ncc4nnc(CN5CCOCC5)n4c3n2)cc1. The van der Waals surface area contributed by atoms with Gasteiger partial charge in [0.2, 0.25) is 0 Å². The molecule has 1 aliphatic rings. The molecule has 4 heterocycles. The van der Waals surface area contributed by atoms with Crippen LogP contribution in [0.25, 0.3) is 28.1 Å². The van der Waals surface area contributed by atoms with Gasteiger partial charge in [-0.25, -0.2) is 9.97 Å². The Morgan fingerprint density at radius 3 is 2.64 bits per heavy atom. The Kier molecular flexibility index (Phi) is 6.43. The van der Waals surface area contributed by atoms with Gasteiger partial charge in [-0.15, -0.1) is 10.2 Å². The topological polar surface area (TPSA) is 80.9 Å². The van der Waals surface area contributed by atoms with Gasteiger partial charge in [0.1, 0.15) is 11.3 Å². The van der Waals surface area contributed by atoms with Gasteiger partial charge in [0, 0.05) is 25.2 Å². The van der Waals surface area contributed by atoms with Crippen molar-refractivity contribution in [2.45, 2.75) is 13.0 Å². The largest absolute Gasteiger partial charge is 0.494 e. The molecule has 9 heteroatoms. The van der Waals surface area contributed by atoms with Crippen molar-refractivity contribution < 1.29 is 9.47 Å². The molecule has 33 heavy (non-hydrogen) atoms. The Balaban J connectivity index is 1.40. The van der Waals surface area contributed by atoms with Crippen molar-refractivity contribution in [2.75, 3.05) is 53.6 Å². The van der Waals surface area contributed by atoms with Crippen LogP contribution in [0.3, 0.4) is 0 Å². The Labute approximate surface area is 193 Å². The average Bonchev–Trinajstić information content (AvgIpc) is 3.25. The standard InChI is InChI=1S/C24H29N7O2/c1-29(2)10-3-13-33-19-6-4-18(5-7-19)20-8-9-21-24(26-20)31-22(16-25-21)27-28-23(31)17-30-11-14-32-15-12-30/h4-9,16H,3,10-15,17H2,1-2H3. The summed E-state index contributed by atoms with van der Waals surface area (Å²) in [6, 6.07) is 12.1. The summed E-state index contributed by atoms with van der Waals surface area (Å²) in [6.45, 7) is 5.69. The number of rotatable bonds is 8. The van der Waals surface area contributed by atoms with Gasteiger partial charge in [0.05, 0.1) is 38.3 Å². The lowest BCUT2D eigenvalue weighted by Crippen LogP contribution is -2.36. The monoisotopic (exact) mass is 447 g/mol.